The summed E-state index contributed by atoms with van der Waals surface area (Å²) in [7, 11) is 0. The monoisotopic (exact) mass is 485 g/mol. The number of alkyl halides is 1. The van der Waals surface area contributed by atoms with Crippen LogP contribution in [0, 0.1) is 9.52 Å². The van der Waals surface area contributed by atoms with Gasteiger partial charge in [0.15, 0.2) is 6.80 Å². The Labute approximate surface area is 165 Å². The molecule has 3 aromatic heterocycles. The summed E-state index contributed by atoms with van der Waals surface area (Å²) >= 11 is 8.03. The Morgan fingerprint density at radius 2 is 1.96 bits per heavy atom. The van der Waals surface area contributed by atoms with Gasteiger partial charge >= 0.3 is 0 Å². The van der Waals surface area contributed by atoms with Crippen LogP contribution < -0.4 is 0 Å². The van der Waals surface area contributed by atoms with Crippen molar-refractivity contribution in [2.75, 3.05) is 0 Å². The van der Waals surface area contributed by atoms with Crippen molar-refractivity contribution in [3.63, 3.8) is 0 Å². The number of benzene rings is 1. The van der Waals surface area contributed by atoms with Gasteiger partial charge in [-0.3, -0.25) is 9.55 Å². The van der Waals surface area contributed by atoms with Crippen molar-refractivity contribution >= 4 is 45.2 Å². The molecule has 0 amide bonds. The summed E-state index contributed by atoms with van der Waals surface area (Å²) in [6, 6.07) is 4.47. The van der Waals surface area contributed by atoms with Gasteiger partial charge in [-0.15, -0.1) is 0 Å². The predicted molar refractivity (Wildman–Crippen MR) is 103 cm³/mol. The number of pyridine rings is 1. The predicted octanol–water partition coefficient (Wildman–Crippen LogP) is 4.67. The summed E-state index contributed by atoms with van der Waals surface area (Å²) in [6.07, 6.45) is 6.83. The number of hydrogen-bond donors (Lipinski definition) is 0. The van der Waals surface area contributed by atoms with Crippen LogP contribution in [0.3, 0.4) is 0 Å². The van der Waals surface area contributed by atoms with Crippen molar-refractivity contribution in [2.45, 2.75) is 13.3 Å². The number of fused-ring (bicyclic) bond motifs is 1. The molecule has 4 aromatic rings. The number of halogens is 4. The van der Waals surface area contributed by atoms with Gasteiger partial charge in [0.25, 0.3) is 0 Å². The third kappa shape index (κ3) is 3.07. The van der Waals surface area contributed by atoms with E-state index in [1.54, 1.807) is 24.9 Å². The van der Waals surface area contributed by atoms with Gasteiger partial charge in [-0.05, 0) is 40.3 Å². The summed E-state index contributed by atoms with van der Waals surface area (Å²) < 4.78 is 31.7. The molecule has 26 heavy (non-hydrogen) atoms. The molecule has 0 unspecified atom stereocenters. The Hall–Kier alpha value is -2.07. The van der Waals surface area contributed by atoms with Crippen LogP contribution in [0.4, 0.5) is 8.78 Å². The largest absolute Gasteiger partial charge is 0.322 e. The lowest BCUT2D eigenvalue weighted by Gasteiger charge is -2.08. The molecule has 3 heterocycles. The first-order valence-electron chi connectivity index (χ1n) is 7.58. The first kappa shape index (κ1) is 17.3. The topological polar surface area (TPSA) is 48.5 Å². The lowest BCUT2D eigenvalue weighted by Crippen LogP contribution is -2.02. The lowest BCUT2D eigenvalue weighted by molar-refractivity contribution is 0.387. The maximum Gasteiger partial charge on any atom is 0.167 e. The number of hydrogen-bond acceptors (Lipinski definition) is 3. The Morgan fingerprint density at radius 1 is 1.12 bits per heavy atom. The van der Waals surface area contributed by atoms with E-state index in [1.165, 1.54) is 16.7 Å². The summed E-state index contributed by atoms with van der Waals surface area (Å²) in [5.41, 5.74) is 2.33. The fraction of sp³-hybridized carbons (Fsp3) is 0.118. The Morgan fingerprint density at radius 3 is 2.69 bits per heavy atom. The number of nitrogens with zero attached hydrogens (tertiary/aromatic N) is 5. The molecule has 9 heteroatoms. The van der Waals surface area contributed by atoms with E-state index in [9.17, 15) is 8.78 Å². The van der Waals surface area contributed by atoms with E-state index >= 15 is 0 Å². The molecule has 0 aliphatic heterocycles. The highest BCUT2D eigenvalue weighted by molar-refractivity contribution is 14.1. The van der Waals surface area contributed by atoms with Gasteiger partial charge in [0.1, 0.15) is 11.6 Å². The Kier molecular flexibility index (Phi) is 4.62. The van der Waals surface area contributed by atoms with Crippen molar-refractivity contribution < 1.29 is 8.78 Å². The van der Waals surface area contributed by atoms with Crippen molar-refractivity contribution in [1.82, 2.24) is 24.1 Å². The van der Waals surface area contributed by atoms with Crippen LogP contribution in [-0.2, 0) is 13.3 Å². The molecule has 0 fully saturated rings. The van der Waals surface area contributed by atoms with E-state index in [0.29, 0.717) is 29.0 Å². The molecule has 0 saturated carbocycles. The maximum absolute atomic E-state index is 13.7. The van der Waals surface area contributed by atoms with Gasteiger partial charge in [-0.2, -0.15) is 0 Å². The minimum absolute atomic E-state index is 0.0693. The second-order valence-corrected chi connectivity index (χ2v) is 7.18. The molecule has 1 aromatic carbocycles. The minimum Gasteiger partial charge on any atom is -0.322 e. The molecule has 0 radical (unpaired) electrons. The highest BCUT2D eigenvalue weighted by Crippen LogP contribution is 2.29. The van der Waals surface area contributed by atoms with E-state index < -0.39 is 12.6 Å². The smallest absolute Gasteiger partial charge is 0.167 e. The third-order valence-electron chi connectivity index (χ3n) is 3.98. The van der Waals surface area contributed by atoms with E-state index in [4.69, 9.17) is 11.6 Å². The lowest BCUT2D eigenvalue weighted by atomic mass is 10.2. The van der Waals surface area contributed by atoms with Crippen LogP contribution in [0.25, 0.3) is 22.4 Å². The molecule has 5 nitrogen and oxygen atoms in total. The summed E-state index contributed by atoms with van der Waals surface area (Å²) in [6.45, 7) is -0.229. The zero-order valence-electron chi connectivity index (χ0n) is 13.2. The average Bonchev–Trinajstić information content (AvgIpc) is 3.19. The van der Waals surface area contributed by atoms with Crippen molar-refractivity contribution in [3.8, 4) is 11.4 Å². The minimum atomic E-state index is -0.808. The average molecular weight is 486 g/mol. The zero-order chi connectivity index (χ0) is 18.3. The van der Waals surface area contributed by atoms with Crippen LogP contribution in [0.1, 0.15) is 5.56 Å². The van der Waals surface area contributed by atoms with Gasteiger partial charge in [-0.25, -0.2) is 18.7 Å². The van der Waals surface area contributed by atoms with Crippen LogP contribution in [0.15, 0.2) is 43.1 Å². The van der Waals surface area contributed by atoms with Gasteiger partial charge in [-0.1, -0.05) is 11.6 Å². The molecule has 0 aliphatic rings. The van der Waals surface area contributed by atoms with Crippen LogP contribution in [-0.4, -0.2) is 24.1 Å². The van der Waals surface area contributed by atoms with Crippen molar-refractivity contribution in [2.24, 2.45) is 0 Å². The molecule has 132 valence electrons. The van der Waals surface area contributed by atoms with Gasteiger partial charge in [0.2, 0.25) is 0 Å². The molecule has 4 rings (SSSR count). The first-order valence-corrected chi connectivity index (χ1v) is 9.03. The molecule has 0 atom stereocenters. The Bertz CT molecular complexity index is 1110. The van der Waals surface area contributed by atoms with Crippen LogP contribution in [0.5, 0.6) is 0 Å². The fourth-order valence-electron chi connectivity index (χ4n) is 2.78. The molecule has 0 bridgehead atoms. The first-order chi connectivity index (χ1) is 12.6. The normalized spacial score (nSPS) is 11.4. The molecule has 0 N–H and O–H groups in total. The SMILES string of the molecule is FCn1c(-c2cncc(Cn3cncc3I)c2)nc2cc(F)c(Cl)cc21. The van der Waals surface area contributed by atoms with Crippen molar-refractivity contribution in [3.05, 3.63) is 63.2 Å². The fourth-order valence-corrected chi connectivity index (χ4v) is 3.39. The summed E-state index contributed by atoms with van der Waals surface area (Å²) in [5.74, 6) is -0.213. The number of rotatable bonds is 4. The summed E-state index contributed by atoms with van der Waals surface area (Å²) in [4.78, 5) is 12.7. The number of aromatic nitrogens is 5. The van der Waals surface area contributed by atoms with E-state index in [0.717, 1.165) is 9.26 Å². The van der Waals surface area contributed by atoms with Gasteiger partial charge in [0, 0.05) is 24.0 Å². The van der Waals surface area contributed by atoms with Gasteiger partial charge < -0.3 is 4.57 Å². The molecular weight excluding hydrogens is 475 g/mol. The number of imidazole rings is 2. The molecule has 0 aliphatic carbocycles. The quantitative estimate of drug-likeness (QED) is 0.395. The Balaban J connectivity index is 1.80. The van der Waals surface area contributed by atoms with Crippen LogP contribution >= 0.6 is 34.2 Å². The molecule has 0 spiro atoms. The zero-order valence-corrected chi connectivity index (χ0v) is 16.1. The van der Waals surface area contributed by atoms with E-state index in [-0.39, 0.29) is 5.02 Å². The highest BCUT2D eigenvalue weighted by Gasteiger charge is 2.16. The molecule has 0 saturated heterocycles. The van der Waals surface area contributed by atoms with E-state index in [2.05, 4.69) is 37.5 Å². The van der Waals surface area contributed by atoms with Gasteiger partial charge in [0.05, 0.1) is 38.8 Å². The standard InChI is InChI=1S/C17H11ClF2IN5/c18-12-2-15-14(3-13(12)20)24-17(26(15)8-19)11-1-10(4-22-5-11)7-25-9-23-6-16(25)21/h1-6,9H,7-8H2. The second kappa shape index (κ2) is 6.92. The highest BCUT2D eigenvalue weighted by atomic mass is 127. The second-order valence-electron chi connectivity index (χ2n) is 5.66. The van der Waals surface area contributed by atoms with E-state index in [1.807, 2.05) is 10.6 Å². The third-order valence-corrected chi connectivity index (χ3v) is 5.17. The molecular formula is C17H11ClF2IN5. The van der Waals surface area contributed by atoms with Crippen LogP contribution in [0.2, 0.25) is 5.02 Å². The van der Waals surface area contributed by atoms with Crippen molar-refractivity contribution in [1.29, 1.82) is 0 Å². The maximum atomic E-state index is 13.7. The summed E-state index contributed by atoms with van der Waals surface area (Å²) in [5, 5.41) is -0.0693.